The molecule has 378 valence electrons. The predicted octanol–water partition coefficient (Wildman–Crippen LogP) is 4.17. The van der Waals surface area contributed by atoms with Crippen molar-refractivity contribution in [3.05, 3.63) is 60.7 Å². The standard InChI is InChI=1S/C46H70N8O13S/c1-43(2,3)64-39(57)29-53(30-40(58)65-44(4,5)6)37(55)27-51-22-19-47-35(51)25-50(21-13-14-24-63-34-17-15-33(16-18-34)49-68(61)62)26-36-48-20-23-52(36)28-38(56)54(31-41(59)66-45(7,8)9)32-42(60)67-46(10,11)12/h15-20,22-23,49H,13-14,21,24-32H2,1-12H3,(H,61,62)/p-1. The van der Waals surface area contributed by atoms with Gasteiger partial charge in [-0.1, -0.05) is 0 Å². The molecule has 0 fully saturated rings. The predicted molar refractivity (Wildman–Crippen MR) is 249 cm³/mol. The SMILES string of the molecule is CC(C)(C)OC(=O)CN(CC(=O)OC(C)(C)C)C(=O)Cn1ccnc1CN(CCCCOc1ccc(NS(=O)[O-])cc1)Cc1nccn1CC(=O)N(CC(=O)OC(C)(C)C)CC(=O)OC(C)(C)C. The highest BCUT2D eigenvalue weighted by Gasteiger charge is 2.29. The quantitative estimate of drug-likeness (QED) is 0.0573. The molecule has 22 heteroatoms. The first-order valence-electron chi connectivity index (χ1n) is 22.2. The summed E-state index contributed by atoms with van der Waals surface area (Å²) in [5.41, 5.74) is -2.95. The van der Waals surface area contributed by atoms with E-state index in [1.54, 1.807) is 129 Å². The first kappa shape index (κ1) is 56.5. The maximum atomic E-state index is 13.9. The number of nitrogens with one attached hydrogen (secondary N) is 1. The van der Waals surface area contributed by atoms with Gasteiger partial charge in [0.25, 0.3) is 0 Å². The molecule has 0 spiro atoms. The van der Waals surface area contributed by atoms with E-state index in [0.29, 0.717) is 49.1 Å². The van der Waals surface area contributed by atoms with Gasteiger partial charge in [0.1, 0.15) is 79.1 Å². The summed E-state index contributed by atoms with van der Waals surface area (Å²) in [7, 11) is 0. The fourth-order valence-electron chi connectivity index (χ4n) is 6.30. The average molecular weight is 974 g/mol. The zero-order valence-electron chi connectivity index (χ0n) is 41.5. The number of aromatic nitrogens is 4. The summed E-state index contributed by atoms with van der Waals surface area (Å²) in [5, 5.41) is 0. The van der Waals surface area contributed by atoms with Crippen LogP contribution in [0.2, 0.25) is 0 Å². The van der Waals surface area contributed by atoms with Gasteiger partial charge < -0.3 is 51.9 Å². The molecule has 0 saturated carbocycles. The number of esters is 4. The van der Waals surface area contributed by atoms with Gasteiger partial charge in [-0.2, -0.15) is 0 Å². The van der Waals surface area contributed by atoms with Crippen molar-refractivity contribution in [2.45, 2.75) is 145 Å². The number of unbranched alkanes of at least 4 members (excludes halogenated alkanes) is 1. The lowest BCUT2D eigenvalue weighted by molar-refractivity contribution is -0.165. The van der Waals surface area contributed by atoms with E-state index >= 15 is 0 Å². The maximum absolute atomic E-state index is 13.9. The van der Waals surface area contributed by atoms with Gasteiger partial charge in [0.05, 0.1) is 19.7 Å². The third-order valence-corrected chi connectivity index (χ3v) is 9.21. The minimum atomic E-state index is -2.46. The number of nitrogens with zero attached hydrogens (tertiary/aromatic N) is 7. The topological polar surface area (TPSA) is 246 Å². The number of benzene rings is 1. The van der Waals surface area contributed by atoms with Crippen molar-refractivity contribution in [2.24, 2.45) is 0 Å². The molecular weight excluding hydrogens is 905 g/mol. The number of anilines is 1. The Balaban J connectivity index is 1.87. The second-order valence-corrected chi connectivity index (χ2v) is 20.6. The Hall–Kier alpha value is -5.87. The molecule has 0 radical (unpaired) electrons. The number of amides is 2. The van der Waals surface area contributed by atoms with E-state index in [1.807, 2.05) is 4.90 Å². The molecule has 0 aliphatic carbocycles. The van der Waals surface area contributed by atoms with E-state index in [2.05, 4.69) is 14.7 Å². The number of ether oxygens (including phenoxy) is 5. The van der Waals surface area contributed by atoms with Crippen molar-refractivity contribution in [1.82, 2.24) is 33.8 Å². The van der Waals surface area contributed by atoms with E-state index < -0.39 is 95.5 Å². The molecule has 3 aromatic rings. The Bertz CT molecular complexity index is 2000. The highest BCUT2D eigenvalue weighted by Crippen LogP contribution is 2.18. The number of imidazole rings is 2. The third-order valence-electron chi connectivity index (χ3n) is 8.80. The van der Waals surface area contributed by atoms with Gasteiger partial charge in [0, 0.05) is 41.7 Å². The van der Waals surface area contributed by atoms with Crippen LogP contribution in [-0.4, -0.2) is 140 Å². The molecule has 2 heterocycles. The van der Waals surface area contributed by atoms with Crippen LogP contribution in [0.3, 0.4) is 0 Å². The van der Waals surface area contributed by atoms with E-state index in [-0.39, 0.29) is 26.2 Å². The Kier molecular flexibility index (Phi) is 20.7. The normalized spacial score (nSPS) is 12.5. The van der Waals surface area contributed by atoms with Crippen molar-refractivity contribution in [2.75, 3.05) is 44.1 Å². The molecule has 1 unspecified atom stereocenters. The van der Waals surface area contributed by atoms with Gasteiger partial charge in [-0.25, -0.2) is 9.97 Å². The van der Waals surface area contributed by atoms with Crippen molar-refractivity contribution >= 4 is 52.6 Å². The molecule has 2 amide bonds. The summed E-state index contributed by atoms with van der Waals surface area (Å²) in [6.07, 6.45) is 7.47. The van der Waals surface area contributed by atoms with Gasteiger partial charge in [0.15, 0.2) is 0 Å². The summed E-state index contributed by atoms with van der Waals surface area (Å²) in [6.45, 7) is 18.9. The maximum Gasteiger partial charge on any atom is 0.326 e. The van der Waals surface area contributed by atoms with Gasteiger partial charge >= 0.3 is 23.9 Å². The van der Waals surface area contributed by atoms with Crippen LogP contribution in [0.4, 0.5) is 5.69 Å². The Morgan fingerprint density at radius 3 is 1.31 bits per heavy atom. The molecule has 1 atom stereocenters. The van der Waals surface area contributed by atoms with Crippen LogP contribution in [0.1, 0.15) is 108 Å². The molecule has 0 saturated heterocycles. The lowest BCUT2D eigenvalue weighted by Crippen LogP contribution is -2.44. The highest BCUT2D eigenvalue weighted by atomic mass is 32.2. The van der Waals surface area contributed by atoms with Crippen LogP contribution in [0.5, 0.6) is 5.75 Å². The van der Waals surface area contributed by atoms with Crippen molar-refractivity contribution in [1.29, 1.82) is 0 Å². The molecule has 3 rings (SSSR count). The van der Waals surface area contributed by atoms with Crippen LogP contribution in [0.25, 0.3) is 0 Å². The van der Waals surface area contributed by atoms with Gasteiger partial charge in [-0.15, -0.1) is 0 Å². The number of rotatable bonds is 24. The van der Waals surface area contributed by atoms with Crippen molar-refractivity contribution in [3.8, 4) is 5.75 Å². The zero-order chi connectivity index (χ0) is 51.0. The second kappa shape index (κ2) is 24.9. The van der Waals surface area contributed by atoms with E-state index in [4.69, 9.17) is 23.7 Å². The first-order valence-corrected chi connectivity index (χ1v) is 23.2. The smallest absolute Gasteiger partial charge is 0.326 e. The largest absolute Gasteiger partial charge is 0.755 e. The summed E-state index contributed by atoms with van der Waals surface area (Å²) in [5.74, 6) is -2.46. The first-order chi connectivity index (χ1) is 31.4. The summed E-state index contributed by atoms with van der Waals surface area (Å²) in [6, 6.07) is 6.45. The van der Waals surface area contributed by atoms with Crippen LogP contribution in [0, 0.1) is 0 Å². The summed E-state index contributed by atoms with van der Waals surface area (Å²) >= 11 is -2.46. The Labute approximate surface area is 401 Å². The monoisotopic (exact) mass is 973 g/mol. The van der Waals surface area contributed by atoms with E-state index in [9.17, 15) is 37.5 Å². The summed E-state index contributed by atoms with van der Waals surface area (Å²) in [4.78, 5) is 92.7. The van der Waals surface area contributed by atoms with Gasteiger partial charge in [0.2, 0.25) is 11.8 Å². The zero-order valence-corrected chi connectivity index (χ0v) is 42.3. The molecule has 1 aromatic carbocycles. The van der Waals surface area contributed by atoms with E-state index in [1.165, 1.54) is 12.4 Å². The van der Waals surface area contributed by atoms with Crippen LogP contribution < -0.4 is 9.46 Å². The minimum absolute atomic E-state index is 0.180. The van der Waals surface area contributed by atoms with Gasteiger partial charge in [-0.3, -0.25) is 37.9 Å². The van der Waals surface area contributed by atoms with Crippen LogP contribution in [0.15, 0.2) is 49.1 Å². The molecule has 21 nitrogen and oxygen atoms in total. The molecule has 0 aliphatic heterocycles. The fraction of sp³-hybridized carbons (Fsp3) is 0.609. The molecule has 1 N–H and O–H groups in total. The number of carbonyl (C=O) groups excluding carboxylic acids is 6. The molecule has 0 bridgehead atoms. The lowest BCUT2D eigenvalue weighted by atomic mass is 10.2. The highest BCUT2D eigenvalue weighted by molar-refractivity contribution is 7.80. The number of carbonyl (C=O) groups is 6. The van der Waals surface area contributed by atoms with Crippen molar-refractivity contribution in [3.63, 3.8) is 0 Å². The number of hydrogen-bond donors (Lipinski definition) is 1. The van der Waals surface area contributed by atoms with Crippen molar-refractivity contribution < 1.29 is 61.2 Å². The third kappa shape index (κ3) is 22.8. The molecule has 68 heavy (non-hydrogen) atoms. The van der Waals surface area contributed by atoms with Crippen LogP contribution >= 0.6 is 0 Å². The van der Waals surface area contributed by atoms with E-state index in [0.717, 1.165) is 9.80 Å². The Morgan fingerprint density at radius 2 is 0.971 bits per heavy atom. The fourth-order valence-corrected chi connectivity index (χ4v) is 6.63. The minimum Gasteiger partial charge on any atom is -0.755 e. The second-order valence-electron chi connectivity index (χ2n) is 19.9. The number of hydrogen-bond acceptors (Lipinski definition) is 16. The molecule has 2 aromatic heterocycles. The summed E-state index contributed by atoms with van der Waals surface area (Å²) < 4.78 is 55.2. The molecular formula is C46H69N8O13S-. The average Bonchev–Trinajstić information content (AvgIpc) is 3.79. The lowest BCUT2D eigenvalue weighted by Gasteiger charge is -2.27. The molecule has 0 aliphatic rings. The Morgan fingerprint density at radius 1 is 0.603 bits per heavy atom. The van der Waals surface area contributed by atoms with Gasteiger partial charge in [-0.05, 0) is 127 Å². The van der Waals surface area contributed by atoms with Crippen LogP contribution in [-0.2, 0) is 85.2 Å².